The summed E-state index contributed by atoms with van der Waals surface area (Å²) in [5, 5.41) is -0.834. The number of carbonyl (C=O) groups is 2. The molecule has 1 rings (SSSR count). The van der Waals surface area contributed by atoms with Crippen molar-refractivity contribution >= 4 is 35.3 Å². The van der Waals surface area contributed by atoms with Crippen molar-refractivity contribution in [1.82, 2.24) is 10.6 Å². The lowest BCUT2D eigenvalue weighted by molar-refractivity contribution is -0.328. The Kier molecular flexibility index (Phi) is 9.38. The Morgan fingerprint density at radius 3 is 0.857 bits per heavy atom. The molecule has 0 unspecified atom stereocenters. The van der Waals surface area contributed by atoms with E-state index in [4.69, 9.17) is 0 Å². The zero-order valence-corrected chi connectivity index (χ0v) is 19.7. The van der Waals surface area contributed by atoms with E-state index in [0.717, 1.165) is 0 Å². The van der Waals surface area contributed by atoms with Crippen molar-refractivity contribution in [1.29, 1.82) is 0 Å². The van der Waals surface area contributed by atoms with Crippen molar-refractivity contribution < 1.29 is 106 Å². The van der Waals surface area contributed by atoms with Gasteiger partial charge >= 0.3 is 60.7 Å². The molecular formula is C14H4F22N2O2S2. The van der Waals surface area contributed by atoms with Gasteiger partial charge in [-0.3, -0.25) is 9.59 Å². The molecule has 0 atom stereocenters. The maximum atomic E-state index is 13.7. The third-order valence-electron chi connectivity index (χ3n) is 4.62. The molecule has 0 saturated carbocycles. The second-order valence-corrected chi connectivity index (χ2v) is 10.9. The van der Waals surface area contributed by atoms with Gasteiger partial charge in [0.1, 0.15) is 0 Å². The van der Waals surface area contributed by atoms with Crippen LogP contribution in [0.3, 0.4) is 0 Å². The minimum absolute atomic E-state index is 0.417. The first kappa shape index (κ1) is 38.1. The zero-order chi connectivity index (χ0) is 34.1. The first-order chi connectivity index (χ1) is 18.1. The van der Waals surface area contributed by atoms with Crippen LogP contribution in [0, 0.1) is 0 Å². The standard InChI is InChI=1S/C14H4F22N2O2S2/c15-1(16)5(19,20)9(27,28)7(23,24)3(39)37-13(11(31,32)33)41-14(42-13,12(34,35)36)38-4(40)8(25,26)10(29,30)6(21,22)2(17)18/h1-2H,(H,37,39)(H,38,40). The quantitative estimate of drug-likeness (QED) is 0.255. The lowest BCUT2D eigenvalue weighted by atomic mass is 10.0. The van der Waals surface area contributed by atoms with Crippen molar-refractivity contribution in [3.63, 3.8) is 0 Å². The first-order valence-corrected chi connectivity index (χ1v) is 10.7. The van der Waals surface area contributed by atoms with E-state index in [1.165, 1.54) is 0 Å². The van der Waals surface area contributed by atoms with Gasteiger partial charge in [0.25, 0.3) is 11.8 Å². The van der Waals surface area contributed by atoms with Gasteiger partial charge in [-0.05, 0) is 0 Å². The Hall–Kier alpha value is -1.90. The summed E-state index contributed by atoms with van der Waals surface area (Å²) < 4.78 is 278. The number of hydrogen-bond donors (Lipinski definition) is 2. The molecule has 0 radical (unpaired) electrons. The van der Waals surface area contributed by atoms with Crippen molar-refractivity contribution in [3.05, 3.63) is 0 Å². The van der Waals surface area contributed by atoms with E-state index in [2.05, 4.69) is 0 Å². The summed E-state index contributed by atoms with van der Waals surface area (Å²) in [5.41, 5.74) is 0. The summed E-state index contributed by atoms with van der Waals surface area (Å²) in [6.07, 6.45) is -25.0. The number of alkyl halides is 22. The average Bonchev–Trinajstić information content (AvgIpc) is 2.74. The van der Waals surface area contributed by atoms with Crippen LogP contribution in [0.25, 0.3) is 0 Å². The number of nitrogens with one attached hydrogen (secondary N) is 2. The molecule has 248 valence electrons. The SMILES string of the molecule is O=C(NC1(C(F)(F)F)SC(NC(=O)C(F)(F)C(F)(F)C(F)(F)C(F)F)(C(F)(F)F)S1)C(F)(F)C(F)(F)C(F)(F)C(F)F. The smallest absolute Gasteiger partial charge is 0.320 e. The van der Waals surface area contributed by atoms with Crippen LogP contribution >= 0.6 is 23.5 Å². The largest absolute Gasteiger partial charge is 0.431 e. The van der Waals surface area contributed by atoms with Gasteiger partial charge in [0.05, 0.1) is 0 Å². The summed E-state index contributed by atoms with van der Waals surface area (Å²) in [6.45, 7) is 0. The number of carbonyl (C=O) groups excluding carboxylic acids is 2. The fraction of sp³-hybridized carbons (Fsp3) is 0.857. The molecule has 4 nitrogen and oxygen atoms in total. The van der Waals surface area contributed by atoms with Crippen LogP contribution in [0.4, 0.5) is 96.6 Å². The predicted molar refractivity (Wildman–Crippen MR) is 90.7 cm³/mol. The van der Waals surface area contributed by atoms with Gasteiger partial charge in [0.2, 0.25) is 8.41 Å². The van der Waals surface area contributed by atoms with Gasteiger partial charge in [-0.2, -0.15) is 79.0 Å². The van der Waals surface area contributed by atoms with Gasteiger partial charge in [0, 0.05) is 0 Å². The minimum atomic E-state index is -7.59. The highest BCUT2D eigenvalue weighted by Gasteiger charge is 2.85. The molecule has 2 N–H and O–H groups in total. The normalized spacial score (nSPS) is 23.6. The molecule has 0 aromatic rings. The molecule has 1 saturated heterocycles. The third-order valence-corrected chi connectivity index (χ3v) is 8.11. The molecule has 28 heteroatoms. The highest BCUT2D eigenvalue weighted by atomic mass is 32.3. The van der Waals surface area contributed by atoms with E-state index < -0.39 is 115 Å². The second kappa shape index (κ2) is 10.3. The maximum absolute atomic E-state index is 13.7. The molecular weight excluding hydrogens is 710 g/mol. The molecule has 1 heterocycles. The van der Waals surface area contributed by atoms with E-state index in [1.54, 1.807) is 0 Å². The average molecular weight is 714 g/mol. The summed E-state index contributed by atoms with van der Waals surface area (Å²) in [5.74, 6) is -53.0. The molecule has 1 aliphatic rings. The van der Waals surface area contributed by atoms with E-state index in [1.807, 2.05) is 0 Å². The van der Waals surface area contributed by atoms with E-state index in [-0.39, 0.29) is 0 Å². The number of hydrogen-bond acceptors (Lipinski definition) is 4. The van der Waals surface area contributed by atoms with Crippen LogP contribution in [0.1, 0.15) is 0 Å². The predicted octanol–water partition coefficient (Wildman–Crippen LogP) is 6.47. The summed E-state index contributed by atoms with van der Waals surface area (Å²) in [4.78, 5) is 22.8. The monoisotopic (exact) mass is 714 g/mol. The third kappa shape index (κ3) is 5.45. The van der Waals surface area contributed by atoms with E-state index >= 15 is 0 Å². The highest BCUT2D eigenvalue weighted by Crippen LogP contribution is 2.72. The lowest BCUT2D eigenvalue weighted by Crippen LogP contribution is -2.76. The molecule has 0 bridgehead atoms. The summed E-state index contributed by atoms with van der Waals surface area (Å²) in [6, 6.07) is 0. The van der Waals surface area contributed by atoms with Crippen LogP contribution in [0.2, 0.25) is 0 Å². The highest BCUT2D eigenvalue weighted by molar-refractivity contribution is 8.35. The van der Waals surface area contributed by atoms with Crippen LogP contribution in [0.5, 0.6) is 0 Å². The Balaban J connectivity index is 3.55. The fourth-order valence-corrected chi connectivity index (χ4v) is 5.43. The topological polar surface area (TPSA) is 58.2 Å². The molecule has 0 aliphatic carbocycles. The number of halogens is 22. The molecule has 1 aliphatic heterocycles. The molecule has 1 fully saturated rings. The number of thioether (sulfide) groups is 2. The first-order valence-electron chi connectivity index (χ1n) is 9.08. The number of rotatable bonds is 10. The Morgan fingerprint density at radius 1 is 0.476 bits per heavy atom. The van der Waals surface area contributed by atoms with Crippen LogP contribution in [0.15, 0.2) is 0 Å². The van der Waals surface area contributed by atoms with Crippen molar-refractivity contribution in [2.45, 2.75) is 69.1 Å². The van der Waals surface area contributed by atoms with Gasteiger partial charge < -0.3 is 10.6 Å². The molecule has 2 amide bonds. The fourth-order valence-electron chi connectivity index (χ4n) is 2.32. The minimum Gasteiger partial charge on any atom is -0.320 e. The second-order valence-electron chi connectivity index (χ2n) is 7.49. The summed E-state index contributed by atoms with van der Waals surface area (Å²) in [7, 11) is 0. The van der Waals surface area contributed by atoms with Crippen molar-refractivity contribution in [2.24, 2.45) is 0 Å². The van der Waals surface area contributed by atoms with Gasteiger partial charge in [-0.25, -0.2) is 17.6 Å². The molecule has 42 heavy (non-hydrogen) atoms. The Morgan fingerprint density at radius 2 is 0.690 bits per heavy atom. The summed E-state index contributed by atoms with van der Waals surface area (Å²) >= 11 is -4.72. The lowest BCUT2D eigenvalue weighted by Gasteiger charge is -2.54. The number of amides is 2. The van der Waals surface area contributed by atoms with Crippen molar-refractivity contribution in [2.75, 3.05) is 0 Å². The Bertz CT molecular complexity index is 967. The maximum Gasteiger partial charge on any atom is 0.431 e. The molecule has 0 aromatic carbocycles. The van der Waals surface area contributed by atoms with Crippen LogP contribution in [-0.2, 0) is 9.59 Å². The Labute approximate surface area is 222 Å². The van der Waals surface area contributed by atoms with Crippen LogP contribution in [-0.4, -0.2) is 81.0 Å². The van der Waals surface area contributed by atoms with Gasteiger partial charge in [0.15, 0.2) is 0 Å². The van der Waals surface area contributed by atoms with Gasteiger partial charge in [-0.1, -0.05) is 23.5 Å². The van der Waals surface area contributed by atoms with E-state index in [0.29, 0.717) is 0 Å². The molecule has 0 spiro atoms. The van der Waals surface area contributed by atoms with Crippen LogP contribution < -0.4 is 10.6 Å². The van der Waals surface area contributed by atoms with Gasteiger partial charge in [-0.15, -0.1) is 0 Å². The van der Waals surface area contributed by atoms with Crippen molar-refractivity contribution in [3.8, 4) is 0 Å². The zero-order valence-electron chi connectivity index (χ0n) is 18.1. The van der Waals surface area contributed by atoms with E-state index in [9.17, 15) is 106 Å². The molecule has 0 aromatic heterocycles.